The number of likely N-dealkylation sites (tertiary alicyclic amines) is 1. The third-order valence-electron chi connectivity index (χ3n) is 4.21. The Morgan fingerprint density at radius 3 is 2.33 bits per heavy atom. The fourth-order valence-corrected chi connectivity index (χ4v) is 2.86. The van der Waals surface area contributed by atoms with Crippen LogP contribution in [0.3, 0.4) is 0 Å². The standard InChI is InChI=1S/C15H22F3N3/c1-20(2)13-7-8-21(10-13)14(9-19)11-3-5-12(6-4-11)15(16,17)18/h3-6,13-14H,7-10,19H2,1-2H3. The van der Waals surface area contributed by atoms with Crippen molar-refractivity contribution in [1.29, 1.82) is 0 Å². The molecule has 1 saturated heterocycles. The molecule has 2 atom stereocenters. The van der Waals surface area contributed by atoms with Crippen molar-refractivity contribution in [2.75, 3.05) is 33.7 Å². The van der Waals surface area contributed by atoms with Crippen LogP contribution >= 0.6 is 0 Å². The normalized spacial score (nSPS) is 22.0. The van der Waals surface area contributed by atoms with Crippen LogP contribution in [0, 0.1) is 0 Å². The lowest BCUT2D eigenvalue weighted by atomic mass is 10.0. The monoisotopic (exact) mass is 301 g/mol. The molecule has 2 rings (SSSR count). The molecule has 1 aromatic rings. The van der Waals surface area contributed by atoms with Gasteiger partial charge in [0.1, 0.15) is 0 Å². The van der Waals surface area contributed by atoms with E-state index in [9.17, 15) is 13.2 Å². The van der Waals surface area contributed by atoms with Crippen molar-refractivity contribution in [3.63, 3.8) is 0 Å². The van der Waals surface area contributed by atoms with Gasteiger partial charge in [-0.15, -0.1) is 0 Å². The van der Waals surface area contributed by atoms with Crippen LogP contribution in [0.2, 0.25) is 0 Å². The summed E-state index contributed by atoms with van der Waals surface area (Å²) in [7, 11) is 4.09. The highest BCUT2D eigenvalue weighted by atomic mass is 19.4. The molecule has 0 spiro atoms. The van der Waals surface area contributed by atoms with Crippen molar-refractivity contribution in [3.05, 3.63) is 35.4 Å². The summed E-state index contributed by atoms with van der Waals surface area (Å²) in [5.41, 5.74) is 6.09. The van der Waals surface area contributed by atoms with Crippen LogP contribution in [-0.2, 0) is 6.18 Å². The van der Waals surface area contributed by atoms with Crippen LogP contribution < -0.4 is 5.73 Å². The van der Waals surface area contributed by atoms with Gasteiger partial charge in [-0.2, -0.15) is 13.2 Å². The molecule has 0 aliphatic carbocycles. The Labute approximate surface area is 123 Å². The van der Waals surface area contributed by atoms with Gasteiger partial charge in [0.25, 0.3) is 0 Å². The quantitative estimate of drug-likeness (QED) is 0.926. The van der Waals surface area contributed by atoms with Crippen LogP contribution in [0.1, 0.15) is 23.6 Å². The van der Waals surface area contributed by atoms with Crippen LogP contribution in [0.5, 0.6) is 0 Å². The predicted octanol–water partition coefficient (Wildman–Crippen LogP) is 2.34. The molecule has 6 heteroatoms. The molecule has 1 aliphatic rings. The summed E-state index contributed by atoms with van der Waals surface area (Å²) >= 11 is 0. The van der Waals surface area contributed by atoms with Crippen LogP contribution in [-0.4, -0.2) is 49.6 Å². The second kappa shape index (κ2) is 6.34. The summed E-state index contributed by atoms with van der Waals surface area (Å²) in [4.78, 5) is 4.44. The molecule has 1 heterocycles. The minimum Gasteiger partial charge on any atom is -0.329 e. The van der Waals surface area contributed by atoms with Crippen molar-refractivity contribution in [1.82, 2.24) is 9.80 Å². The molecule has 0 aromatic heterocycles. The van der Waals surface area contributed by atoms with Gasteiger partial charge in [0.15, 0.2) is 0 Å². The van der Waals surface area contributed by atoms with Gasteiger partial charge in [0.05, 0.1) is 5.56 Å². The number of likely N-dealkylation sites (N-methyl/N-ethyl adjacent to an activating group) is 1. The van der Waals surface area contributed by atoms with Crippen LogP contribution in [0.4, 0.5) is 13.2 Å². The topological polar surface area (TPSA) is 32.5 Å². The first-order chi connectivity index (χ1) is 9.82. The maximum atomic E-state index is 12.6. The third kappa shape index (κ3) is 3.75. The highest BCUT2D eigenvalue weighted by molar-refractivity contribution is 5.27. The van der Waals surface area contributed by atoms with E-state index in [1.807, 2.05) is 14.1 Å². The number of nitrogens with zero attached hydrogens (tertiary/aromatic N) is 2. The van der Waals surface area contributed by atoms with Gasteiger partial charge < -0.3 is 10.6 Å². The molecule has 1 fully saturated rings. The first-order valence-electron chi connectivity index (χ1n) is 7.10. The summed E-state index contributed by atoms with van der Waals surface area (Å²) in [6.45, 7) is 2.23. The Bertz CT molecular complexity index is 456. The van der Waals surface area contributed by atoms with E-state index >= 15 is 0 Å². The maximum Gasteiger partial charge on any atom is 0.416 e. The molecule has 2 N–H and O–H groups in total. The van der Waals surface area contributed by atoms with Crippen LogP contribution in [0.25, 0.3) is 0 Å². The summed E-state index contributed by atoms with van der Waals surface area (Å²) in [6.07, 6.45) is -3.23. The predicted molar refractivity (Wildman–Crippen MR) is 76.9 cm³/mol. The van der Waals surface area contributed by atoms with Gasteiger partial charge in [0.2, 0.25) is 0 Å². The number of hydrogen-bond acceptors (Lipinski definition) is 3. The summed E-state index contributed by atoms with van der Waals surface area (Å²) in [6, 6.07) is 5.83. The molecule has 2 unspecified atom stereocenters. The Hall–Kier alpha value is -1.11. The second-order valence-electron chi connectivity index (χ2n) is 5.77. The zero-order chi connectivity index (χ0) is 15.6. The molecule has 0 bridgehead atoms. The van der Waals surface area contributed by atoms with E-state index in [2.05, 4.69) is 9.80 Å². The highest BCUT2D eigenvalue weighted by Crippen LogP contribution is 2.31. The van der Waals surface area contributed by atoms with E-state index in [4.69, 9.17) is 5.73 Å². The van der Waals surface area contributed by atoms with E-state index < -0.39 is 11.7 Å². The van der Waals surface area contributed by atoms with Crippen molar-refractivity contribution in [2.24, 2.45) is 5.73 Å². The second-order valence-corrected chi connectivity index (χ2v) is 5.77. The van der Waals surface area contributed by atoms with Gasteiger partial charge in [-0.3, -0.25) is 4.90 Å². The fraction of sp³-hybridized carbons (Fsp3) is 0.600. The average Bonchev–Trinajstić information content (AvgIpc) is 2.89. The molecule has 21 heavy (non-hydrogen) atoms. The molecule has 0 radical (unpaired) electrons. The van der Waals surface area contributed by atoms with Crippen molar-refractivity contribution >= 4 is 0 Å². The molecule has 1 aromatic carbocycles. The van der Waals surface area contributed by atoms with Gasteiger partial charge in [-0.05, 0) is 38.2 Å². The lowest BCUT2D eigenvalue weighted by molar-refractivity contribution is -0.137. The smallest absolute Gasteiger partial charge is 0.329 e. The zero-order valence-electron chi connectivity index (χ0n) is 12.4. The van der Waals surface area contributed by atoms with E-state index in [0.717, 1.165) is 37.2 Å². The Kier molecular flexibility index (Phi) is 4.91. The molecule has 1 aliphatic heterocycles. The summed E-state index contributed by atoms with van der Waals surface area (Å²) in [5.74, 6) is 0. The minimum atomic E-state index is -4.29. The van der Waals surface area contributed by atoms with E-state index in [-0.39, 0.29) is 6.04 Å². The maximum absolute atomic E-state index is 12.6. The van der Waals surface area contributed by atoms with Gasteiger partial charge in [-0.25, -0.2) is 0 Å². The molecule has 0 saturated carbocycles. The lowest BCUT2D eigenvalue weighted by Gasteiger charge is -2.28. The Morgan fingerprint density at radius 1 is 1.29 bits per heavy atom. The average molecular weight is 301 g/mol. The van der Waals surface area contributed by atoms with E-state index in [0.29, 0.717) is 12.6 Å². The number of rotatable bonds is 4. The van der Waals surface area contributed by atoms with Gasteiger partial charge in [-0.1, -0.05) is 12.1 Å². The Morgan fingerprint density at radius 2 is 1.90 bits per heavy atom. The van der Waals surface area contributed by atoms with Crippen molar-refractivity contribution < 1.29 is 13.2 Å². The van der Waals surface area contributed by atoms with Crippen molar-refractivity contribution in [2.45, 2.75) is 24.7 Å². The number of alkyl halides is 3. The largest absolute Gasteiger partial charge is 0.416 e. The number of hydrogen-bond donors (Lipinski definition) is 1. The number of nitrogens with two attached hydrogens (primary N) is 1. The minimum absolute atomic E-state index is 0.0165. The summed E-state index contributed by atoms with van der Waals surface area (Å²) in [5, 5.41) is 0. The molecule has 3 nitrogen and oxygen atoms in total. The SMILES string of the molecule is CN(C)C1CCN(C(CN)c2ccc(C(F)(F)F)cc2)C1. The molecule has 118 valence electrons. The first-order valence-corrected chi connectivity index (χ1v) is 7.10. The number of halogens is 3. The summed E-state index contributed by atoms with van der Waals surface area (Å²) < 4.78 is 37.8. The van der Waals surface area contributed by atoms with Gasteiger partial charge in [0, 0.05) is 31.7 Å². The Balaban J connectivity index is 2.11. The van der Waals surface area contributed by atoms with E-state index in [1.54, 1.807) is 12.1 Å². The molecular formula is C15H22F3N3. The first kappa shape index (κ1) is 16.3. The molecular weight excluding hydrogens is 279 g/mol. The molecule has 0 amide bonds. The van der Waals surface area contributed by atoms with E-state index in [1.165, 1.54) is 0 Å². The fourth-order valence-electron chi connectivity index (χ4n) is 2.86. The lowest BCUT2D eigenvalue weighted by Crippen LogP contribution is -2.36. The highest BCUT2D eigenvalue weighted by Gasteiger charge is 2.32. The zero-order valence-corrected chi connectivity index (χ0v) is 12.4. The third-order valence-corrected chi connectivity index (χ3v) is 4.21. The van der Waals surface area contributed by atoms with Crippen molar-refractivity contribution in [3.8, 4) is 0 Å². The number of benzene rings is 1. The van der Waals surface area contributed by atoms with Gasteiger partial charge >= 0.3 is 6.18 Å². The van der Waals surface area contributed by atoms with Crippen LogP contribution in [0.15, 0.2) is 24.3 Å².